The molecular formula is C19H21N3O2. The van der Waals surface area contributed by atoms with Crippen molar-refractivity contribution in [1.29, 1.82) is 0 Å². The number of ether oxygens (including phenoxy) is 1. The molecule has 0 aliphatic carbocycles. The molecule has 1 atom stereocenters. The van der Waals surface area contributed by atoms with Crippen molar-refractivity contribution in [2.75, 3.05) is 12.4 Å². The van der Waals surface area contributed by atoms with E-state index in [0.717, 1.165) is 16.8 Å². The maximum Gasteiger partial charge on any atom is 0.231 e. The van der Waals surface area contributed by atoms with Gasteiger partial charge in [-0.1, -0.05) is 47.6 Å². The van der Waals surface area contributed by atoms with Gasteiger partial charge in [0.1, 0.15) is 0 Å². The number of anilines is 1. The Labute approximate surface area is 141 Å². The SMILES string of the molecule is CO[C@@H](C)c1cccc(NCc2noc(Cc3ccccc3)n2)c1. The third-order valence-corrected chi connectivity index (χ3v) is 3.87. The number of nitrogens with one attached hydrogen (secondary N) is 1. The van der Waals surface area contributed by atoms with Crippen LogP contribution in [-0.2, 0) is 17.7 Å². The summed E-state index contributed by atoms with van der Waals surface area (Å²) >= 11 is 0. The Morgan fingerprint density at radius 3 is 2.75 bits per heavy atom. The van der Waals surface area contributed by atoms with Gasteiger partial charge in [-0.15, -0.1) is 0 Å². The van der Waals surface area contributed by atoms with Gasteiger partial charge in [-0.05, 0) is 30.2 Å². The fourth-order valence-electron chi connectivity index (χ4n) is 2.42. The first-order chi connectivity index (χ1) is 11.7. The van der Waals surface area contributed by atoms with Crippen molar-refractivity contribution < 1.29 is 9.26 Å². The van der Waals surface area contributed by atoms with Gasteiger partial charge in [-0.2, -0.15) is 4.98 Å². The number of methoxy groups -OCH3 is 1. The largest absolute Gasteiger partial charge is 0.378 e. The van der Waals surface area contributed by atoms with Crippen LogP contribution in [0.4, 0.5) is 5.69 Å². The number of hydrogen-bond donors (Lipinski definition) is 1. The molecule has 0 aliphatic heterocycles. The van der Waals surface area contributed by atoms with Crippen LogP contribution in [0.2, 0.25) is 0 Å². The van der Waals surface area contributed by atoms with E-state index in [2.05, 4.69) is 21.5 Å². The Balaban J connectivity index is 1.59. The monoisotopic (exact) mass is 323 g/mol. The van der Waals surface area contributed by atoms with Crippen LogP contribution in [0.25, 0.3) is 0 Å². The van der Waals surface area contributed by atoms with E-state index in [-0.39, 0.29) is 6.10 Å². The van der Waals surface area contributed by atoms with E-state index >= 15 is 0 Å². The van der Waals surface area contributed by atoms with Crippen LogP contribution in [0.15, 0.2) is 59.1 Å². The second-order valence-electron chi connectivity index (χ2n) is 5.62. The van der Waals surface area contributed by atoms with Crippen LogP contribution in [-0.4, -0.2) is 17.3 Å². The molecule has 5 nitrogen and oxygen atoms in total. The average Bonchev–Trinajstić information content (AvgIpc) is 3.08. The summed E-state index contributed by atoms with van der Waals surface area (Å²) in [5.74, 6) is 1.27. The molecule has 0 unspecified atom stereocenters. The number of rotatable bonds is 7. The topological polar surface area (TPSA) is 60.2 Å². The molecule has 1 aromatic heterocycles. The molecule has 1 N–H and O–H groups in total. The zero-order valence-corrected chi connectivity index (χ0v) is 13.9. The summed E-state index contributed by atoms with van der Waals surface area (Å²) in [7, 11) is 1.71. The molecule has 3 aromatic rings. The Hall–Kier alpha value is -2.66. The van der Waals surface area contributed by atoms with Gasteiger partial charge in [-0.3, -0.25) is 0 Å². The van der Waals surface area contributed by atoms with E-state index in [9.17, 15) is 0 Å². The number of nitrogens with zero attached hydrogens (tertiary/aromatic N) is 2. The zero-order valence-electron chi connectivity index (χ0n) is 13.9. The highest BCUT2D eigenvalue weighted by molar-refractivity contribution is 5.46. The fourth-order valence-corrected chi connectivity index (χ4v) is 2.42. The smallest absolute Gasteiger partial charge is 0.231 e. The Kier molecular flexibility index (Phi) is 5.23. The summed E-state index contributed by atoms with van der Waals surface area (Å²) < 4.78 is 10.7. The molecule has 0 bridgehead atoms. The summed E-state index contributed by atoms with van der Waals surface area (Å²) in [5.41, 5.74) is 3.29. The molecule has 0 saturated carbocycles. The van der Waals surface area contributed by atoms with Crippen molar-refractivity contribution in [1.82, 2.24) is 10.1 Å². The predicted octanol–water partition coefficient (Wildman–Crippen LogP) is 3.98. The Morgan fingerprint density at radius 2 is 1.96 bits per heavy atom. The fraction of sp³-hybridized carbons (Fsp3) is 0.263. The Bertz CT molecular complexity index is 771. The maximum atomic E-state index is 5.35. The van der Waals surface area contributed by atoms with Crippen LogP contribution < -0.4 is 5.32 Å². The molecule has 0 saturated heterocycles. The van der Waals surface area contributed by atoms with Crippen molar-refractivity contribution in [3.05, 3.63) is 77.4 Å². The molecule has 3 rings (SSSR count). The second kappa shape index (κ2) is 7.75. The van der Waals surface area contributed by atoms with Crippen LogP contribution in [0.3, 0.4) is 0 Å². The summed E-state index contributed by atoms with van der Waals surface area (Å²) in [4.78, 5) is 4.43. The maximum absolute atomic E-state index is 5.35. The predicted molar refractivity (Wildman–Crippen MR) is 92.7 cm³/mol. The summed E-state index contributed by atoms with van der Waals surface area (Å²) in [6, 6.07) is 18.2. The van der Waals surface area contributed by atoms with Gasteiger partial charge in [0.2, 0.25) is 5.89 Å². The molecule has 0 aliphatic rings. The minimum Gasteiger partial charge on any atom is -0.378 e. The van der Waals surface area contributed by atoms with Gasteiger partial charge in [0.05, 0.1) is 19.1 Å². The van der Waals surface area contributed by atoms with Crippen LogP contribution in [0.5, 0.6) is 0 Å². The van der Waals surface area contributed by atoms with Gasteiger partial charge >= 0.3 is 0 Å². The number of hydrogen-bond acceptors (Lipinski definition) is 5. The van der Waals surface area contributed by atoms with Gasteiger partial charge in [-0.25, -0.2) is 0 Å². The molecular weight excluding hydrogens is 302 g/mol. The summed E-state index contributed by atoms with van der Waals surface area (Å²) in [6.07, 6.45) is 0.712. The summed E-state index contributed by atoms with van der Waals surface area (Å²) in [5, 5.41) is 7.34. The highest BCUT2D eigenvalue weighted by atomic mass is 16.5. The molecule has 0 fully saturated rings. The second-order valence-corrected chi connectivity index (χ2v) is 5.62. The Morgan fingerprint density at radius 1 is 1.12 bits per heavy atom. The number of benzene rings is 2. The molecule has 5 heteroatoms. The van der Waals surface area contributed by atoms with E-state index in [1.165, 1.54) is 0 Å². The van der Waals surface area contributed by atoms with Crippen molar-refractivity contribution in [3.63, 3.8) is 0 Å². The molecule has 0 spiro atoms. The third-order valence-electron chi connectivity index (χ3n) is 3.87. The lowest BCUT2D eigenvalue weighted by Gasteiger charge is -2.11. The van der Waals surface area contributed by atoms with Crippen molar-refractivity contribution in [2.45, 2.75) is 26.0 Å². The van der Waals surface area contributed by atoms with Crippen molar-refractivity contribution in [2.24, 2.45) is 0 Å². The normalized spacial score (nSPS) is 12.1. The van der Waals surface area contributed by atoms with Crippen LogP contribution in [0, 0.1) is 0 Å². The van der Waals surface area contributed by atoms with E-state index in [4.69, 9.17) is 9.26 Å². The lowest BCUT2D eigenvalue weighted by atomic mass is 10.1. The molecule has 2 aromatic carbocycles. The minimum atomic E-state index is 0.0643. The first-order valence-corrected chi connectivity index (χ1v) is 7.96. The average molecular weight is 323 g/mol. The van der Waals surface area contributed by atoms with Gasteiger partial charge in [0.15, 0.2) is 5.82 Å². The number of aromatic nitrogens is 2. The van der Waals surface area contributed by atoms with Crippen molar-refractivity contribution >= 4 is 5.69 Å². The third kappa shape index (κ3) is 4.20. The van der Waals surface area contributed by atoms with Gasteiger partial charge in [0.25, 0.3) is 0 Å². The molecule has 0 amide bonds. The molecule has 1 heterocycles. The molecule has 124 valence electrons. The first kappa shape index (κ1) is 16.2. The minimum absolute atomic E-state index is 0.0643. The highest BCUT2D eigenvalue weighted by Crippen LogP contribution is 2.20. The lowest BCUT2D eigenvalue weighted by molar-refractivity contribution is 0.119. The molecule has 0 radical (unpaired) electrons. The van der Waals surface area contributed by atoms with Crippen LogP contribution in [0.1, 0.15) is 35.9 Å². The van der Waals surface area contributed by atoms with E-state index in [1.807, 2.05) is 55.5 Å². The van der Waals surface area contributed by atoms with Gasteiger partial charge < -0.3 is 14.6 Å². The zero-order chi connectivity index (χ0) is 16.8. The van der Waals surface area contributed by atoms with Crippen molar-refractivity contribution in [3.8, 4) is 0 Å². The lowest BCUT2D eigenvalue weighted by Crippen LogP contribution is -2.03. The van der Waals surface area contributed by atoms with E-state index < -0.39 is 0 Å². The quantitative estimate of drug-likeness (QED) is 0.712. The van der Waals surface area contributed by atoms with Gasteiger partial charge in [0, 0.05) is 12.8 Å². The van der Waals surface area contributed by atoms with E-state index in [1.54, 1.807) is 7.11 Å². The highest BCUT2D eigenvalue weighted by Gasteiger charge is 2.08. The van der Waals surface area contributed by atoms with Crippen LogP contribution >= 0.6 is 0 Å². The first-order valence-electron chi connectivity index (χ1n) is 7.96. The van der Waals surface area contributed by atoms with E-state index in [0.29, 0.717) is 24.7 Å². The molecule has 24 heavy (non-hydrogen) atoms. The summed E-state index contributed by atoms with van der Waals surface area (Å²) in [6.45, 7) is 2.54. The standard InChI is InChI=1S/C19H21N3O2/c1-14(23-2)16-9-6-10-17(12-16)20-13-18-21-19(24-22-18)11-15-7-4-3-5-8-15/h3-10,12,14,20H,11,13H2,1-2H3/t14-/m0/s1.